The van der Waals surface area contributed by atoms with Gasteiger partial charge in [0.2, 0.25) is 0 Å². The van der Waals surface area contributed by atoms with E-state index in [0.29, 0.717) is 5.92 Å². The highest BCUT2D eigenvalue weighted by Gasteiger charge is 2.48. The zero-order valence-electron chi connectivity index (χ0n) is 29.8. The van der Waals surface area contributed by atoms with Gasteiger partial charge in [-0.2, -0.15) is 0 Å². The highest BCUT2D eigenvalue weighted by Crippen LogP contribution is 2.41. The first-order valence-corrected chi connectivity index (χ1v) is 19.7. The van der Waals surface area contributed by atoms with Gasteiger partial charge >= 0.3 is 0 Å². The van der Waals surface area contributed by atoms with Gasteiger partial charge in [0.1, 0.15) is 0 Å². The summed E-state index contributed by atoms with van der Waals surface area (Å²) in [6.07, 6.45) is 12.8. The average Bonchev–Trinajstić information content (AvgIpc) is 3.16. The van der Waals surface area contributed by atoms with Crippen LogP contribution in [0, 0.1) is 33.6 Å². The molecule has 1 heteroatoms. The second kappa shape index (κ2) is 15.1. The molecule has 1 aliphatic carbocycles. The van der Waals surface area contributed by atoms with E-state index >= 15 is 0 Å². The number of rotatable bonds is 14. The van der Waals surface area contributed by atoms with Crippen LogP contribution in [0.3, 0.4) is 0 Å². The minimum absolute atomic E-state index is 0.435. The zero-order valence-corrected chi connectivity index (χ0v) is 30.8. The molecule has 1 unspecified atom stereocenters. The average molecular weight is 605 g/mol. The molecular formula is C43H60Si. The first-order chi connectivity index (χ1) is 21.0. The molecule has 0 amide bonds. The van der Waals surface area contributed by atoms with Crippen LogP contribution in [0.5, 0.6) is 0 Å². The Bertz CT molecular complexity index is 1390. The van der Waals surface area contributed by atoms with Crippen molar-refractivity contribution in [1.29, 1.82) is 0 Å². The van der Waals surface area contributed by atoms with Crippen LogP contribution in [0.2, 0.25) is 0 Å². The van der Waals surface area contributed by atoms with E-state index in [0.717, 1.165) is 0 Å². The normalized spacial score (nSPS) is 15.5. The number of unbranched alkanes of at least 4 members (excludes halogenated alkanes) is 6. The summed E-state index contributed by atoms with van der Waals surface area (Å²) in [6, 6.07) is 22.9. The maximum atomic E-state index is 2.68. The third-order valence-electron chi connectivity index (χ3n) is 10.5. The molecule has 44 heavy (non-hydrogen) atoms. The van der Waals surface area contributed by atoms with Crippen molar-refractivity contribution in [3.8, 4) is 0 Å². The fourth-order valence-electron chi connectivity index (χ4n) is 8.10. The van der Waals surface area contributed by atoms with E-state index in [-0.39, 0.29) is 0 Å². The number of allylic oxidation sites excluding steroid dienone is 4. The molecular weight excluding hydrogens is 545 g/mol. The molecule has 0 fully saturated rings. The van der Waals surface area contributed by atoms with Crippen LogP contribution in [0.1, 0.15) is 126 Å². The van der Waals surface area contributed by atoms with Gasteiger partial charge < -0.3 is 0 Å². The molecule has 0 heterocycles. The van der Waals surface area contributed by atoms with Crippen molar-refractivity contribution < 1.29 is 0 Å². The Kier molecular flexibility index (Phi) is 11.7. The van der Waals surface area contributed by atoms with E-state index in [1.54, 1.807) is 37.5 Å². The number of hydrogen-bond acceptors (Lipinski definition) is 0. The number of hydrogen-bond donors (Lipinski definition) is 0. The molecule has 0 aliphatic heterocycles. The van der Waals surface area contributed by atoms with Gasteiger partial charge in [-0.1, -0.05) is 152 Å². The molecule has 1 atom stereocenters. The van der Waals surface area contributed by atoms with Crippen molar-refractivity contribution in [2.75, 3.05) is 0 Å². The fraction of sp³-hybridized carbons (Fsp3) is 0.488. The Balaban J connectivity index is 2.11. The molecule has 3 aromatic rings. The van der Waals surface area contributed by atoms with Gasteiger partial charge in [-0.3, -0.25) is 0 Å². The van der Waals surface area contributed by atoms with Crippen molar-refractivity contribution in [3.63, 3.8) is 0 Å². The third-order valence-corrected chi connectivity index (χ3v) is 15.6. The van der Waals surface area contributed by atoms with Crippen LogP contribution in [0.15, 0.2) is 76.5 Å². The van der Waals surface area contributed by atoms with Gasteiger partial charge in [0, 0.05) is 0 Å². The molecule has 0 spiro atoms. The monoisotopic (exact) mass is 604 g/mol. The van der Waals surface area contributed by atoms with Crippen molar-refractivity contribution in [1.82, 2.24) is 0 Å². The van der Waals surface area contributed by atoms with Crippen LogP contribution in [-0.2, 0) is 12.8 Å². The summed E-state index contributed by atoms with van der Waals surface area (Å²) in [5, 5.41) is 6.43. The standard InChI is InChI=1S/C43H60Si/c1-11-13-15-17-19-38-27-39(20-18-16-14-12-2)29-42(28-38)44(40-23-30(3)21-31(4)24-40,41-25-32(5)22-33(6)26-41)43-36(9)34(7)35(8)37(43)10/h21-29,36H,11-20H2,1-10H3. The summed E-state index contributed by atoms with van der Waals surface area (Å²) in [6.45, 7) is 23.5. The predicted octanol–water partition coefficient (Wildman–Crippen LogP) is 10.5. The van der Waals surface area contributed by atoms with Gasteiger partial charge in [-0.15, -0.1) is 0 Å². The number of aryl methyl sites for hydroxylation is 6. The fourth-order valence-corrected chi connectivity index (χ4v) is 14.2. The summed E-state index contributed by atoms with van der Waals surface area (Å²) >= 11 is 0. The molecule has 0 bridgehead atoms. The molecule has 3 aromatic carbocycles. The Morgan fingerprint density at radius 1 is 0.477 bits per heavy atom. The molecule has 1 aliphatic rings. The lowest BCUT2D eigenvalue weighted by Gasteiger charge is -2.40. The summed E-state index contributed by atoms with van der Waals surface area (Å²) in [4.78, 5) is 0. The summed E-state index contributed by atoms with van der Waals surface area (Å²) in [7, 11) is -2.66. The van der Waals surface area contributed by atoms with E-state index in [2.05, 4.69) is 124 Å². The molecule has 0 N–H and O–H groups in total. The topological polar surface area (TPSA) is 0 Å². The highest BCUT2D eigenvalue weighted by molar-refractivity contribution is 7.16. The van der Waals surface area contributed by atoms with Crippen molar-refractivity contribution >= 4 is 23.6 Å². The van der Waals surface area contributed by atoms with Crippen LogP contribution < -0.4 is 15.6 Å². The van der Waals surface area contributed by atoms with Gasteiger partial charge in [-0.05, 0) is 112 Å². The van der Waals surface area contributed by atoms with E-state index in [1.165, 1.54) is 97.6 Å². The van der Waals surface area contributed by atoms with E-state index in [9.17, 15) is 0 Å². The quantitative estimate of drug-likeness (QED) is 0.0975. The van der Waals surface area contributed by atoms with Crippen LogP contribution in [0.25, 0.3) is 0 Å². The smallest absolute Gasteiger partial charge is 0.0654 e. The van der Waals surface area contributed by atoms with Crippen LogP contribution in [0.4, 0.5) is 0 Å². The zero-order chi connectivity index (χ0) is 32.0. The largest absolute Gasteiger partial charge is 0.176 e. The van der Waals surface area contributed by atoms with E-state index in [4.69, 9.17) is 0 Å². The second-order valence-corrected chi connectivity index (χ2v) is 18.0. The summed E-state index contributed by atoms with van der Waals surface area (Å²) in [5.74, 6) is 0.435. The maximum Gasteiger partial charge on any atom is 0.176 e. The van der Waals surface area contributed by atoms with Crippen molar-refractivity contribution in [2.45, 2.75) is 133 Å². The summed E-state index contributed by atoms with van der Waals surface area (Å²) in [5.41, 5.74) is 13.2. The Labute approximate surface area is 272 Å². The van der Waals surface area contributed by atoms with Gasteiger partial charge in [0.05, 0.1) is 0 Å². The molecule has 236 valence electrons. The number of benzene rings is 3. The molecule has 0 aromatic heterocycles. The highest BCUT2D eigenvalue weighted by atomic mass is 28.3. The van der Waals surface area contributed by atoms with E-state index in [1.807, 2.05) is 0 Å². The first kappa shape index (κ1) is 34.2. The minimum Gasteiger partial charge on any atom is -0.0654 e. The summed E-state index contributed by atoms with van der Waals surface area (Å²) < 4.78 is 0. The first-order valence-electron chi connectivity index (χ1n) is 17.7. The maximum absolute atomic E-state index is 2.68. The molecule has 0 saturated heterocycles. The molecule has 0 saturated carbocycles. The van der Waals surface area contributed by atoms with E-state index < -0.39 is 8.07 Å². The van der Waals surface area contributed by atoms with Gasteiger partial charge in [0.15, 0.2) is 8.07 Å². The Hall–Kier alpha value is -2.64. The van der Waals surface area contributed by atoms with Gasteiger partial charge in [-0.25, -0.2) is 0 Å². The van der Waals surface area contributed by atoms with Crippen molar-refractivity contribution in [3.05, 3.63) is 110 Å². The Morgan fingerprint density at radius 2 is 0.886 bits per heavy atom. The third kappa shape index (κ3) is 7.25. The Morgan fingerprint density at radius 3 is 1.25 bits per heavy atom. The lowest BCUT2D eigenvalue weighted by molar-refractivity contribution is 0.661. The van der Waals surface area contributed by atoms with Crippen LogP contribution >= 0.6 is 0 Å². The second-order valence-electron chi connectivity index (χ2n) is 14.2. The van der Waals surface area contributed by atoms with Crippen LogP contribution in [-0.4, -0.2) is 8.07 Å². The van der Waals surface area contributed by atoms with Gasteiger partial charge in [0.25, 0.3) is 0 Å². The minimum atomic E-state index is -2.66. The molecule has 0 radical (unpaired) electrons. The SMILES string of the molecule is CCCCCCc1cc(CCCCCC)cc([Si](C2=C(C)C(C)=C(C)C2C)(c2cc(C)cc(C)c2)c2cc(C)cc(C)c2)c1. The molecule has 4 rings (SSSR count). The lowest BCUT2D eigenvalue weighted by atomic mass is 10.0. The predicted molar refractivity (Wildman–Crippen MR) is 199 cm³/mol. The molecule has 0 nitrogen and oxygen atoms in total. The lowest BCUT2D eigenvalue weighted by Crippen LogP contribution is -2.70. The van der Waals surface area contributed by atoms with Crippen molar-refractivity contribution in [2.24, 2.45) is 5.92 Å².